The lowest BCUT2D eigenvalue weighted by Gasteiger charge is -2.28. The monoisotopic (exact) mass is 303 g/mol. The van der Waals surface area contributed by atoms with Crippen LogP contribution in [0.2, 0.25) is 0 Å². The van der Waals surface area contributed by atoms with E-state index < -0.39 is 0 Å². The maximum atomic E-state index is 12.2. The van der Waals surface area contributed by atoms with Crippen molar-refractivity contribution in [2.75, 3.05) is 10.6 Å². The fraction of sp³-hybridized carbons (Fsp3) is 0.529. The molecule has 2 rings (SSSR count). The van der Waals surface area contributed by atoms with Crippen LogP contribution in [0.15, 0.2) is 18.2 Å². The Hall–Kier alpha value is -1.88. The molecule has 0 bridgehead atoms. The summed E-state index contributed by atoms with van der Waals surface area (Å²) >= 11 is 0. The molecule has 5 nitrogen and oxygen atoms in total. The van der Waals surface area contributed by atoms with Gasteiger partial charge >= 0.3 is 0 Å². The molecule has 5 heteroatoms. The van der Waals surface area contributed by atoms with Gasteiger partial charge in [-0.2, -0.15) is 0 Å². The number of anilines is 2. The van der Waals surface area contributed by atoms with E-state index >= 15 is 0 Å². The van der Waals surface area contributed by atoms with Crippen LogP contribution in [0.5, 0.6) is 0 Å². The molecule has 2 amide bonds. The van der Waals surface area contributed by atoms with Crippen molar-refractivity contribution < 1.29 is 9.59 Å². The average molecular weight is 303 g/mol. The van der Waals surface area contributed by atoms with E-state index in [0.717, 1.165) is 36.9 Å². The van der Waals surface area contributed by atoms with Crippen molar-refractivity contribution in [2.45, 2.75) is 52.0 Å². The van der Waals surface area contributed by atoms with E-state index in [0.29, 0.717) is 12.1 Å². The van der Waals surface area contributed by atoms with Gasteiger partial charge in [-0.1, -0.05) is 18.9 Å². The first kappa shape index (κ1) is 16.5. The predicted octanol–water partition coefficient (Wildman–Crippen LogP) is 2.80. The summed E-state index contributed by atoms with van der Waals surface area (Å²) in [6.45, 7) is 3.38. The summed E-state index contributed by atoms with van der Waals surface area (Å²) in [5.74, 6) is 0.133. The van der Waals surface area contributed by atoms with Crippen molar-refractivity contribution in [3.05, 3.63) is 23.8 Å². The number of carbonyl (C=O) groups is 2. The topological polar surface area (TPSA) is 84.2 Å². The quantitative estimate of drug-likeness (QED) is 0.799. The Morgan fingerprint density at radius 3 is 2.64 bits per heavy atom. The van der Waals surface area contributed by atoms with Gasteiger partial charge in [0.25, 0.3) is 0 Å². The fourth-order valence-corrected chi connectivity index (χ4v) is 2.96. The molecule has 0 aliphatic heterocycles. The number of hydrogen-bond acceptors (Lipinski definition) is 3. The van der Waals surface area contributed by atoms with E-state index in [1.165, 1.54) is 6.92 Å². The Bertz CT molecular complexity index is 557. The third-order valence-corrected chi connectivity index (χ3v) is 4.25. The fourth-order valence-electron chi connectivity index (χ4n) is 2.96. The lowest BCUT2D eigenvalue weighted by atomic mass is 9.83. The zero-order valence-corrected chi connectivity index (χ0v) is 13.3. The van der Waals surface area contributed by atoms with Gasteiger partial charge in [0.1, 0.15) is 0 Å². The van der Waals surface area contributed by atoms with Crippen LogP contribution < -0.4 is 16.4 Å². The molecular formula is C17H25N3O2. The number of carbonyl (C=O) groups excluding carboxylic acids is 2. The van der Waals surface area contributed by atoms with Crippen LogP contribution in [0.1, 0.15) is 44.6 Å². The van der Waals surface area contributed by atoms with Gasteiger partial charge in [0.05, 0.1) is 0 Å². The number of hydrogen-bond donors (Lipinski definition) is 3. The van der Waals surface area contributed by atoms with E-state index in [9.17, 15) is 9.59 Å². The van der Waals surface area contributed by atoms with E-state index in [1.807, 2.05) is 19.1 Å². The molecule has 2 atom stereocenters. The van der Waals surface area contributed by atoms with Gasteiger partial charge in [-0.3, -0.25) is 9.59 Å². The molecule has 1 saturated carbocycles. The number of nitrogens with one attached hydrogen (secondary N) is 2. The summed E-state index contributed by atoms with van der Waals surface area (Å²) in [6.07, 6.45) is 4.82. The van der Waals surface area contributed by atoms with Crippen LogP contribution in [0.3, 0.4) is 0 Å². The Balaban J connectivity index is 1.97. The molecular weight excluding hydrogens is 278 g/mol. The third-order valence-electron chi connectivity index (χ3n) is 4.25. The van der Waals surface area contributed by atoms with Crippen molar-refractivity contribution in [1.82, 2.24) is 0 Å². The summed E-state index contributed by atoms with van der Waals surface area (Å²) in [5, 5.41) is 5.67. The van der Waals surface area contributed by atoms with Crippen molar-refractivity contribution in [1.29, 1.82) is 0 Å². The SMILES string of the molecule is CC(=O)Nc1cc(NC(=O)CC2CCCCC2N)ccc1C. The molecule has 0 saturated heterocycles. The first-order chi connectivity index (χ1) is 10.5. The number of rotatable bonds is 4. The third kappa shape index (κ3) is 4.56. The number of amides is 2. The molecule has 4 N–H and O–H groups in total. The van der Waals surface area contributed by atoms with E-state index in [4.69, 9.17) is 5.73 Å². The molecule has 0 radical (unpaired) electrons. The summed E-state index contributed by atoms with van der Waals surface area (Å²) in [5.41, 5.74) is 8.47. The second kappa shape index (κ2) is 7.40. The van der Waals surface area contributed by atoms with Crippen LogP contribution in [0.4, 0.5) is 11.4 Å². The van der Waals surface area contributed by atoms with Crippen molar-refractivity contribution in [2.24, 2.45) is 11.7 Å². The first-order valence-electron chi connectivity index (χ1n) is 7.89. The number of nitrogens with two attached hydrogens (primary N) is 1. The van der Waals surface area contributed by atoms with Crippen LogP contribution in [-0.2, 0) is 9.59 Å². The van der Waals surface area contributed by atoms with Crippen molar-refractivity contribution >= 4 is 23.2 Å². The zero-order chi connectivity index (χ0) is 16.1. The average Bonchev–Trinajstić information content (AvgIpc) is 2.44. The van der Waals surface area contributed by atoms with Crippen LogP contribution >= 0.6 is 0 Å². The molecule has 0 heterocycles. The van der Waals surface area contributed by atoms with Gasteiger partial charge in [-0.05, 0) is 43.4 Å². The minimum Gasteiger partial charge on any atom is -0.327 e. The van der Waals surface area contributed by atoms with Gasteiger partial charge in [0.15, 0.2) is 0 Å². The molecule has 1 aliphatic rings. The van der Waals surface area contributed by atoms with Crippen LogP contribution in [0, 0.1) is 12.8 Å². The van der Waals surface area contributed by atoms with Gasteiger partial charge in [0.2, 0.25) is 11.8 Å². The smallest absolute Gasteiger partial charge is 0.224 e. The molecule has 1 fully saturated rings. The van der Waals surface area contributed by atoms with Gasteiger partial charge in [-0.15, -0.1) is 0 Å². The van der Waals surface area contributed by atoms with Crippen LogP contribution in [-0.4, -0.2) is 17.9 Å². The summed E-state index contributed by atoms with van der Waals surface area (Å²) in [7, 11) is 0. The number of aryl methyl sites for hydroxylation is 1. The minimum atomic E-state index is -0.125. The highest BCUT2D eigenvalue weighted by Crippen LogP contribution is 2.26. The Morgan fingerprint density at radius 2 is 1.95 bits per heavy atom. The van der Waals surface area contributed by atoms with Gasteiger partial charge < -0.3 is 16.4 Å². The second-order valence-electron chi connectivity index (χ2n) is 6.17. The zero-order valence-electron chi connectivity index (χ0n) is 13.3. The molecule has 2 unspecified atom stereocenters. The largest absolute Gasteiger partial charge is 0.327 e. The number of benzene rings is 1. The van der Waals surface area contributed by atoms with E-state index in [-0.39, 0.29) is 23.8 Å². The van der Waals surface area contributed by atoms with Gasteiger partial charge in [-0.25, -0.2) is 0 Å². The lowest BCUT2D eigenvalue weighted by molar-refractivity contribution is -0.117. The Kier molecular flexibility index (Phi) is 5.55. The lowest BCUT2D eigenvalue weighted by Crippen LogP contribution is -2.35. The summed E-state index contributed by atoms with van der Waals surface area (Å²) in [6, 6.07) is 5.65. The molecule has 120 valence electrons. The maximum absolute atomic E-state index is 12.2. The predicted molar refractivity (Wildman–Crippen MR) is 88.7 cm³/mol. The van der Waals surface area contributed by atoms with Crippen LogP contribution in [0.25, 0.3) is 0 Å². The van der Waals surface area contributed by atoms with Crippen molar-refractivity contribution in [3.8, 4) is 0 Å². The highest BCUT2D eigenvalue weighted by atomic mass is 16.2. The molecule has 1 aromatic rings. The molecule has 0 spiro atoms. The Labute approximate surface area is 131 Å². The van der Waals surface area contributed by atoms with Crippen molar-refractivity contribution in [3.63, 3.8) is 0 Å². The molecule has 1 aromatic carbocycles. The molecule has 22 heavy (non-hydrogen) atoms. The first-order valence-corrected chi connectivity index (χ1v) is 7.89. The molecule has 0 aromatic heterocycles. The highest BCUT2D eigenvalue weighted by molar-refractivity contribution is 5.94. The van der Waals surface area contributed by atoms with Gasteiger partial charge in [0, 0.05) is 30.8 Å². The second-order valence-corrected chi connectivity index (χ2v) is 6.17. The summed E-state index contributed by atoms with van der Waals surface area (Å²) < 4.78 is 0. The van der Waals surface area contributed by atoms with E-state index in [1.54, 1.807) is 6.07 Å². The Morgan fingerprint density at radius 1 is 1.23 bits per heavy atom. The minimum absolute atomic E-state index is 0.0139. The maximum Gasteiger partial charge on any atom is 0.224 e. The highest BCUT2D eigenvalue weighted by Gasteiger charge is 2.24. The standard InChI is InChI=1S/C17H25N3O2/c1-11-7-8-14(10-16(11)19-12(2)21)20-17(22)9-13-5-3-4-6-15(13)18/h7-8,10,13,15H,3-6,9,18H2,1-2H3,(H,19,21)(H,20,22). The molecule has 1 aliphatic carbocycles. The normalized spacial score (nSPS) is 21.2. The van der Waals surface area contributed by atoms with E-state index in [2.05, 4.69) is 10.6 Å². The summed E-state index contributed by atoms with van der Waals surface area (Å²) in [4.78, 5) is 23.4.